The van der Waals surface area contributed by atoms with Crippen molar-refractivity contribution < 1.29 is 4.74 Å². The third-order valence-electron chi connectivity index (χ3n) is 2.50. The summed E-state index contributed by atoms with van der Waals surface area (Å²) in [6.07, 6.45) is 0. The maximum atomic E-state index is 5.40. The molecule has 2 rings (SSSR count). The molecule has 0 spiro atoms. The zero-order chi connectivity index (χ0) is 12.8. The van der Waals surface area contributed by atoms with E-state index in [4.69, 9.17) is 10.5 Å². The lowest BCUT2D eigenvalue weighted by molar-refractivity contribution is 0.415. The predicted octanol–water partition coefficient (Wildman–Crippen LogP) is 1.52. The highest BCUT2D eigenvalue weighted by molar-refractivity contribution is 5.60. The van der Waals surface area contributed by atoms with Crippen LogP contribution >= 0.6 is 0 Å². The Bertz CT molecular complexity index is 481. The van der Waals surface area contributed by atoms with Crippen LogP contribution in [0.3, 0.4) is 0 Å². The van der Waals surface area contributed by atoms with Gasteiger partial charge in [-0.2, -0.15) is 0 Å². The molecule has 0 amide bonds. The molecule has 5 heteroatoms. The van der Waals surface area contributed by atoms with E-state index < -0.39 is 0 Å². The van der Waals surface area contributed by atoms with E-state index >= 15 is 0 Å². The van der Waals surface area contributed by atoms with Crippen molar-refractivity contribution in [3.63, 3.8) is 0 Å². The van der Waals surface area contributed by atoms with Crippen LogP contribution in [0.2, 0.25) is 0 Å². The van der Waals surface area contributed by atoms with Crippen molar-refractivity contribution in [1.29, 1.82) is 0 Å². The number of hydrogen-bond donors (Lipinski definition) is 2. The van der Waals surface area contributed by atoms with E-state index in [1.54, 1.807) is 7.11 Å². The van der Waals surface area contributed by atoms with Crippen molar-refractivity contribution in [3.8, 4) is 17.0 Å². The Morgan fingerprint density at radius 3 is 2.44 bits per heavy atom. The third-order valence-corrected chi connectivity index (χ3v) is 2.50. The Morgan fingerprint density at radius 2 is 1.89 bits per heavy atom. The maximum absolute atomic E-state index is 5.40. The average Bonchev–Trinajstić information content (AvgIpc) is 2.46. The molecule has 0 aliphatic carbocycles. The van der Waals surface area contributed by atoms with Gasteiger partial charge in [0, 0.05) is 18.7 Å². The monoisotopic (exact) mass is 244 g/mol. The SMILES string of the molecule is COc1ccc(-c2ccc(NCCN)nn2)cc1. The van der Waals surface area contributed by atoms with Gasteiger partial charge in [0.1, 0.15) is 11.6 Å². The summed E-state index contributed by atoms with van der Waals surface area (Å²) in [7, 11) is 1.65. The van der Waals surface area contributed by atoms with E-state index in [1.165, 1.54) is 0 Å². The molecule has 0 bridgehead atoms. The molecule has 0 aliphatic rings. The Kier molecular flexibility index (Phi) is 4.09. The van der Waals surface area contributed by atoms with Crippen molar-refractivity contribution >= 4 is 5.82 Å². The topological polar surface area (TPSA) is 73.1 Å². The van der Waals surface area contributed by atoms with Gasteiger partial charge >= 0.3 is 0 Å². The molecule has 5 nitrogen and oxygen atoms in total. The van der Waals surface area contributed by atoms with Crippen molar-refractivity contribution in [1.82, 2.24) is 10.2 Å². The van der Waals surface area contributed by atoms with Gasteiger partial charge in [-0.25, -0.2) is 0 Å². The Balaban J connectivity index is 2.12. The molecule has 0 unspecified atom stereocenters. The van der Waals surface area contributed by atoms with Crippen molar-refractivity contribution in [3.05, 3.63) is 36.4 Å². The second kappa shape index (κ2) is 5.97. The lowest BCUT2D eigenvalue weighted by Crippen LogP contribution is -2.14. The molecule has 0 saturated heterocycles. The van der Waals surface area contributed by atoms with Gasteiger partial charge in [0.2, 0.25) is 0 Å². The molecule has 18 heavy (non-hydrogen) atoms. The third kappa shape index (κ3) is 2.95. The Labute approximate surface area is 106 Å². The first kappa shape index (κ1) is 12.3. The second-order valence-corrected chi connectivity index (χ2v) is 3.75. The summed E-state index contributed by atoms with van der Waals surface area (Å²) >= 11 is 0. The second-order valence-electron chi connectivity index (χ2n) is 3.75. The van der Waals surface area contributed by atoms with E-state index in [1.807, 2.05) is 36.4 Å². The quantitative estimate of drug-likeness (QED) is 0.834. The Hall–Kier alpha value is -2.14. The number of methoxy groups -OCH3 is 1. The number of benzene rings is 1. The summed E-state index contributed by atoms with van der Waals surface area (Å²) in [6, 6.07) is 11.5. The molecule has 1 aromatic heterocycles. The summed E-state index contributed by atoms with van der Waals surface area (Å²) in [5.74, 6) is 1.56. The van der Waals surface area contributed by atoms with Gasteiger partial charge in [0.25, 0.3) is 0 Å². The summed E-state index contributed by atoms with van der Waals surface area (Å²) in [5.41, 5.74) is 7.24. The van der Waals surface area contributed by atoms with Gasteiger partial charge in [-0.1, -0.05) is 0 Å². The fourth-order valence-electron chi connectivity index (χ4n) is 1.54. The van der Waals surface area contributed by atoms with Gasteiger partial charge in [0.05, 0.1) is 12.8 Å². The number of nitrogens with zero attached hydrogens (tertiary/aromatic N) is 2. The number of anilines is 1. The van der Waals surface area contributed by atoms with Crippen LogP contribution in [0.5, 0.6) is 5.75 Å². The standard InChI is InChI=1S/C13H16N4O/c1-18-11-4-2-10(3-5-11)12-6-7-13(17-16-12)15-9-8-14/h2-7H,8-9,14H2,1H3,(H,15,17). The van der Waals surface area contributed by atoms with E-state index in [9.17, 15) is 0 Å². The van der Waals surface area contributed by atoms with E-state index in [0.29, 0.717) is 13.1 Å². The van der Waals surface area contributed by atoms with Crippen LogP contribution < -0.4 is 15.8 Å². The van der Waals surface area contributed by atoms with Gasteiger partial charge in [-0.05, 0) is 36.4 Å². The molecule has 94 valence electrons. The van der Waals surface area contributed by atoms with Crippen LogP contribution in [0, 0.1) is 0 Å². The first-order valence-electron chi connectivity index (χ1n) is 5.75. The van der Waals surface area contributed by atoms with Gasteiger partial charge in [0.15, 0.2) is 0 Å². The minimum absolute atomic E-state index is 0.571. The van der Waals surface area contributed by atoms with Gasteiger partial charge in [-0.15, -0.1) is 10.2 Å². The maximum Gasteiger partial charge on any atom is 0.148 e. The fourth-order valence-corrected chi connectivity index (χ4v) is 1.54. The largest absolute Gasteiger partial charge is 0.497 e. The number of rotatable bonds is 5. The highest BCUT2D eigenvalue weighted by atomic mass is 16.5. The molecule has 1 aromatic carbocycles. The first-order chi connectivity index (χ1) is 8.83. The molecular formula is C13H16N4O. The lowest BCUT2D eigenvalue weighted by atomic mass is 10.1. The summed E-state index contributed by atoms with van der Waals surface area (Å²) in [4.78, 5) is 0. The zero-order valence-corrected chi connectivity index (χ0v) is 10.3. The summed E-state index contributed by atoms with van der Waals surface area (Å²) in [5, 5.41) is 11.3. The summed E-state index contributed by atoms with van der Waals surface area (Å²) < 4.78 is 5.11. The van der Waals surface area contributed by atoms with Crippen LogP contribution in [-0.4, -0.2) is 30.4 Å². The number of hydrogen-bond acceptors (Lipinski definition) is 5. The first-order valence-corrected chi connectivity index (χ1v) is 5.75. The van der Waals surface area contributed by atoms with Crippen LogP contribution in [0.1, 0.15) is 0 Å². The van der Waals surface area contributed by atoms with E-state index in [0.717, 1.165) is 22.8 Å². The fraction of sp³-hybridized carbons (Fsp3) is 0.231. The van der Waals surface area contributed by atoms with Gasteiger partial charge in [-0.3, -0.25) is 0 Å². The van der Waals surface area contributed by atoms with Crippen LogP contribution in [0.15, 0.2) is 36.4 Å². The lowest BCUT2D eigenvalue weighted by Gasteiger charge is -2.05. The number of ether oxygens (including phenoxy) is 1. The smallest absolute Gasteiger partial charge is 0.148 e. The number of nitrogens with two attached hydrogens (primary N) is 1. The Morgan fingerprint density at radius 1 is 1.11 bits per heavy atom. The van der Waals surface area contributed by atoms with Crippen molar-refractivity contribution in [2.45, 2.75) is 0 Å². The molecule has 1 heterocycles. The molecule has 0 fully saturated rings. The number of aromatic nitrogens is 2. The van der Waals surface area contributed by atoms with Crippen molar-refractivity contribution in [2.75, 3.05) is 25.5 Å². The van der Waals surface area contributed by atoms with Crippen LogP contribution in [-0.2, 0) is 0 Å². The normalized spacial score (nSPS) is 10.1. The molecule has 3 N–H and O–H groups in total. The zero-order valence-electron chi connectivity index (χ0n) is 10.3. The molecular weight excluding hydrogens is 228 g/mol. The minimum atomic E-state index is 0.571. The highest BCUT2D eigenvalue weighted by Crippen LogP contribution is 2.20. The van der Waals surface area contributed by atoms with Crippen LogP contribution in [0.4, 0.5) is 5.82 Å². The molecule has 0 radical (unpaired) electrons. The van der Waals surface area contributed by atoms with E-state index in [-0.39, 0.29) is 0 Å². The number of nitrogens with one attached hydrogen (secondary N) is 1. The van der Waals surface area contributed by atoms with Crippen molar-refractivity contribution in [2.24, 2.45) is 5.73 Å². The molecule has 2 aromatic rings. The van der Waals surface area contributed by atoms with Crippen LogP contribution in [0.25, 0.3) is 11.3 Å². The summed E-state index contributed by atoms with van der Waals surface area (Å²) in [6.45, 7) is 1.26. The predicted molar refractivity (Wildman–Crippen MR) is 71.6 cm³/mol. The average molecular weight is 244 g/mol. The minimum Gasteiger partial charge on any atom is -0.497 e. The highest BCUT2D eigenvalue weighted by Gasteiger charge is 2.01. The molecule has 0 aliphatic heterocycles. The van der Waals surface area contributed by atoms with E-state index in [2.05, 4.69) is 15.5 Å². The molecule has 0 saturated carbocycles. The molecule has 0 atom stereocenters. The van der Waals surface area contributed by atoms with Gasteiger partial charge < -0.3 is 15.8 Å².